The van der Waals surface area contributed by atoms with Crippen molar-refractivity contribution in [2.24, 2.45) is 0 Å². The second-order valence-electron chi connectivity index (χ2n) is 9.85. The molecule has 1 aromatic heterocycles. The highest BCUT2D eigenvalue weighted by atomic mass is 16.5. The number of hydrogen-bond donors (Lipinski definition) is 0. The van der Waals surface area contributed by atoms with E-state index in [1.165, 1.54) is 5.56 Å². The van der Waals surface area contributed by atoms with E-state index in [2.05, 4.69) is 20.8 Å². The lowest BCUT2D eigenvalue weighted by Gasteiger charge is -2.19. The maximum Gasteiger partial charge on any atom is 0.338 e. The standard InChI is InChI=1S/C30H30O5/c1-19(2)34-29(32)22-12-10-20(11-13-22)18-33-28-26(31)24-8-6-7-9-25(24)35-27(28)21-14-16-23(17-15-21)30(3,4)5/h6-17,19H,18H2,1-5H3. The lowest BCUT2D eigenvalue weighted by Crippen LogP contribution is -2.12. The van der Waals surface area contributed by atoms with E-state index >= 15 is 0 Å². The molecule has 0 aliphatic carbocycles. The highest BCUT2D eigenvalue weighted by Gasteiger charge is 2.19. The van der Waals surface area contributed by atoms with Crippen molar-refractivity contribution in [3.63, 3.8) is 0 Å². The molecule has 0 N–H and O–H groups in total. The van der Waals surface area contributed by atoms with E-state index in [0.29, 0.717) is 22.3 Å². The first-order valence-electron chi connectivity index (χ1n) is 11.7. The molecule has 0 radical (unpaired) electrons. The topological polar surface area (TPSA) is 65.7 Å². The average Bonchev–Trinajstić information content (AvgIpc) is 2.83. The van der Waals surface area contributed by atoms with Gasteiger partial charge in [-0.1, -0.05) is 69.3 Å². The van der Waals surface area contributed by atoms with Crippen molar-refractivity contribution in [3.8, 4) is 17.1 Å². The van der Waals surface area contributed by atoms with Crippen molar-refractivity contribution in [3.05, 3.63) is 99.7 Å². The van der Waals surface area contributed by atoms with Gasteiger partial charge in [-0.3, -0.25) is 4.79 Å². The lowest BCUT2D eigenvalue weighted by molar-refractivity contribution is 0.0378. The Balaban J connectivity index is 1.67. The smallest absolute Gasteiger partial charge is 0.338 e. The minimum Gasteiger partial charge on any atom is -0.481 e. The van der Waals surface area contributed by atoms with Gasteiger partial charge in [0.15, 0.2) is 5.76 Å². The van der Waals surface area contributed by atoms with Gasteiger partial charge in [-0.15, -0.1) is 0 Å². The summed E-state index contributed by atoms with van der Waals surface area (Å²) in [5, 5.41) is 0.462. The molecule has 35 heavy (non-hydrogen) atoms. The van der Waals surface area contributed by atoms with Gasteiger partial charge in [-0.25, -0.2) is 4.79 Å². The van der Waals surface area contributed by atoms with E-state index < -0.39 is 0 Å². The largest absolute Gasteiger partial charge is 0.481 e. The Hall–Kier alpha value is -3.86. The van der Waals surface area contributed by atoms with Gasteiger partial charge in [0.05, 0.1) is 17.1 Å². The van der Waals surface area contributed by atoms with E-state index in [4.69, 9.17) is 13.9 Å². The van der Waals surface area contributed by atoms with Gasteiger partial charge in [-0.2, -0.15) is 0 Å². The SMILES string of the molecule is CC(C)OC(=O)c1ccc(COc2c(-c3ccc(C(C)(C)C)cc3)oc3ccccc3c2=O)cc1. The van der Waals surface area contributed by atoms with E-state index in [1.807, 2.05) is 44.2 Å². The first-order chi connectivity index (χ1) is 16.6. The Morgan fingerprint density at radius 2 is 1.57 bits per heavy atom. The molecule has 0 aliphatic heterocycles. The molecular weight excluding hydrogens is 440 g/mol. The number of hydrogen-bond acceptors (Lipinski definition) is 5. The normalized spacial score (nSPS) is 11.6. The monoisotopic (exact) mass is 470 g/mol. The molecule has 4 aromatic rings. The summed E-state index contributed by atoms with van der Waals surface area (Å²) in [6, 6.07) is 22.1. The third kappa shape index (κ3) is 5.46. The minimum absolute atomic E-state index is 0.00976. The van der Waals surface area contributed by atoms with E-state index in [9.17, 15) is 9.59 Å². The maximum atomic E-state index is 13.4. The van der Waals surface area contributed by atoms with E-state index in [1.54, 1.807) is 42.5 Å². The predicted octanol–water partition coefficient (Wildman–Crippen LogP) is 6.90. The minimum atomic E-state index is -0.372. The van der Waals surface area contributed by atoms with Crippen LogP contribution in [0.1, 0.15) is 56.1 Å². The van der Waals surface area contributed by atoms with Crippen LogP contribution in [0.25, 0.3) is 22.3 Å². The second kappa shape index (κ2) is 9.79. The molecule has 0 atom stereocenters. The molecule has 0 fully saturated rings. The zero-order chi connectivity index (χ0) is 25.2. The van der Waals surface area contributed by atoms with E-state index in [0.717, 1.165) is 11.1 Å². The second-order valence-corrected chi connectivity index (χ2v) is 9.85. The molecular formula is C30H30O5. The fourth-order valence-electron chi connectivity index (χ4n) is 3.74. The molecule has 0 unspecified atom stereocenters. The number of para-hydroxylation sites is 1. The molecule has 0 aliphatic rings. The Kier molecular flexibility index (Phi) is 6.79. The molecule has 5 heteroatoms. The molecule has 4 rings (SSSR count). The van der Waals surface area contributed by atoms with Crippen molar-refractivity contribution in [1.29, 1.82) is 0 Å². The highest BCUT2D eigenvalue weighted by Crippen LogP contribution is 2.33. The Morgan fingerprint density at radius 1 is 0.914 bits per heavy atom. The number of esters is 1. The van der Waals surface area contributed by atoms with Crippen LogP contribution in [0.15, 0.2) is 82.0 Å². The summed E-state index contributed by atoms with van der Waals surface area (Å²) in [5.74, 6) is 0.186. The molecule has 1 heterocycles. The van der Waals surface area contributed by atoms with Crippen LogP contribution in [0.2, 0.25) is 0 Å². The molecule has 0 spiro atoms. The fourth-order valence-corrected chi connectivity index (χ4v) is 3.74. The molecule has 180 valence electrons. The van der Waals surface area contributed by atoms with Crippen molar-refractivity contribution in [1.82, 2.24) is 0 Å². The Bertz CT molecular complexity index is 1390. The first-order valence-corrected chi connectivity index (χ1v) is 11.7. The summed E-state index contributed by atoms with van der Waals surface area (Å²) in [6.45, 7) is 10.2. The fraction of sp³-hybridized carbons (Fsp3) is 0.267. The van der Waals surface area contributed by atoms with Crippen LogP contribution < -0.4 is 10.2 Å². The molecule has 0 bridgehead atoms. The molecule has 3 aromatic carbocycles. The number of fused-ring (bicyclic) bond motifs is 1. The van der Waals surface area contributed by atoms with Crippen LogP contribution in [0, 0.1) is 0 Å². The number of ether oxygens (including phenoxy) is 2. The zero-order valence-electron chi connectivity index (χ0n) is 20.8. The van der Waals surface area contributed by atoms with Gasteiger partial charge < -0.3 is 13.9 Å². The van der Waals surface area contributed by atoms with Gasteiger partial charge in [0.25, 0.3) is 0 Å². The molecule has 0 saturated heterocycles. The number of rotatable bonds is 6. The summed E-state index contributed by atoms with van der Waals surface area (Å²) in [4.78, 5) is 25.5. The molecule has 0 saturated carbocycles. The summed E-state index contributed by atoms with van der Waals surface area (Å²) < 4.78 is 17.5. The number of carbonyl (C=O) groups excluding carboxylic acids is 1. The summed E-state index contributed by atoms with van der Waals surface area (Å²) >= 11 is 0. The van der Waals surface area contributed by atoms with Gasteiger partial charge in [0.1, 0.15) is 12.2 Å². The van der Waals surface area contributed by atoms with Gasteiger partial charge >= 0.3 is 5.97 Å². The Morgan fingerprint density at radius 3 is 2.20 bits per heavy atom. The van der Waals surface area contributed by atoms with Crippen molar-refractivity contribution in [2.75, 3.05) is 0 Å². The average molecular weight is 471 g/mol. The van der Waals surface area contributed by atoms with Crippen LogP contribution in [-0.2, 0) is 16.8 Å². The van der Waals surface area contributed by atoms with Gasteiger partial charge in [-0.05, 0) is 54.7 Å². The van der Waals surface area contributed by atoms with Gasteiger partial charge in [0.2, 0.25) is 11.2 Å². The number of carbonyl (C=O) groups is 1. The van der Waals surface area contributed by atoms with Gasteiger partial charge in [0, 0.05) is 5.56 Å². The van der Waals surface area contributed by atoms with Crippen molar-refractivity contribution in [2.45, 2.75) is 52.7 Å². The van der Waals surface area contributed by atoms with Crippen LogP contribution in [-0.4, -0.2) is 12.1 Å². The van der Waals surface area contributed by atoms with Crippen LogP contribution in [0.5, 0.6) is 5.75 Å². The summed E-state index contributed by atoms with van der Waals surface area (Å²) in [5.41, 5.74) is 3.52. The van der Waals surface area contributed by atoms with Crippen LogP contribution in [0.3, 0.4) is 0 Å². The first kappa shape index (κ1) is 24.3. The third-order valence-electron chi connectivity index (χ3n) is 5.68. The third-order valence-corrected chi connectivity index (χ3v) is 5.68. The summed E-state index contributed by atoms with van der Waals surface area (Å²) in [7, 11) is 0. The summed E-state index contributed by atoms with van der Waals surface area (Å²) in [6.07, 6.45) is -0.187. The Labute approximate surface area is 205 Å². The predicted molar refractivity (Wildman–Crippen MR) is 138 cm³/mol. The maximum absolute atomic E-state index is 13.4. The highest BCUT2D eigenvalue weighted by molar-refractivity contribution is 5.89. The van der Waals surface area contributed by atoms with Crippen molar-refractivity contribution >= 4 is 16.9 Å². The van der Waals surface area contributed by atoms with E-state index in [-0.39, 0.29) is 35.3 Å². The zero-order valence-corrected chi connectivity index (χ0v) is 20.8. The quantitative estimate of drug-likeness (QED) is 0.287. The van der Waals surface area contributed by atoms with Crippen LogP contribution >= 0.6 is 0 Å². The molecule has 5 nitrogen and oxygen atoms in total. The molecule has 0 amide bonds. The lowest BCUT2D eigenvalue weighted by atomic mass is 9.86. The van der Waals surface area contributed by atoms with Crippen LogP contribution in [0.4, 0.5) is 0 Å². The van der Waals surface area contributed by atoms with Crippen molar-refractivity contribution < 1.29 is 18.7 Å². The number of benzene rings is 3.